The fourth-order valence-corrected chi connectivity index (χ4v) is 2.33. The van der Waals surface area contributed by atoms with E-state index in [4.69, 9.17) is 0 Å². The first-order valence-electron chi connectivity index (χ1n) is 5.60. The van der Waals surface area contributed by atoms with Crippen molar-refractivity contribution >= 4 is 15.9 Å². The third-order valence-electron chi connectivity index (χ3n) is 2.83. The summed E-state index contributed by atoms with van der Waals surface area (Å²) in [6.45, 7) is 0. The molecule has 2 aromatic carbocycles. The molecule has 5 heteroatoms. The summed E-state index contributed by atoms with van der Waals surface area (Å²) in [5.41, 5.74) is 0.489. The number of rotatable bonds is 3. The molecule has 19 heavy (non-hydrogen) atoms. The lowest BCUT2D eigenvalue weighted by molar-refractivity contribution is 0.535. The molecule has 0 saturated heterocycles. The van der Waals surface area contributed by atoms with Crippen LogP contribution < -0.4 is 5.32 Å². The van der Waals surface area contributed by atoms with E-state index in [1.165, 1.54) is 12.1 Å². The van der Waals surface area contributed by atoms with Crippen LogP contribution in [-0.4, -0.2) is 7.05 Å². The fourth-order valence-electron chi connectivity index (χ4n) is 1.95. The van der Waals surface area contributed by atoms with Crippen LogP contribution in [0, 0.1) is 17.5 Å². The lowest BCUT2D eigenvalue weighted by Crippen LogP contribution is -2.20. The Balaban J connectivity index is 2.52. The number of hydrogen-bond acceptors (Lipinski definition) is 1. The molecule has 0 fully saturated rings. The second-order valence-corrected chi connectivity index (χ2v) is 4.97. The zero-order valence-corrected chi connectivity index (χ0v) is 11.6. The van der Waals surface area contributed by atoms with Crippen LogP contribution in [0.1, 0.15) is 17.2 Å². The first-order chi connectivity index (χ1) is 9.02. The van der Waals surface area contributed by atoms with Gasteiger partial charge in [-0.15, -0.1) is 0 Å². The molecule has 0 saturated carbocycles. The van der Waals surface area contributed by atoms with Crippen LogP contribution in [0.2, 0.25) is 0 Å². The Morgan fingerprint density at radius 3 is 2.32 bits per heavy atom. The molecule has 0 aliphatic heterocycles. The van der Waals surface area contributed by atoms with E-state index in [0.29, 0.717) is 10.0 Å². The van der Waals surface area contributed by atoms with E-state index < -0.39 is 23.5 Å². The largest absolute Gasteiger partial charge is 0.309 e. The molecule has 2 rings (SSSR count). The number of nitrogens with one attached hydrogen (secondary N) is 1. The third kappa shape index (κ3) is 2.98. The zero-order chi connectivity index (χ0) is 14.0. The van der Waals surface area contributed by atoms with Gasteiger partial charge in [-0.05, 0) is 31.3 Å². The molecule has 100 valence electrons. The summed E-state index contributed by atoms with van der Waals surface area (Å²) < 4.78 is 41.2. The summed E-state index contributed by atoms with van der Waals surface area (Å²) in [6, 6.07) is 7.00. The van der Waals surface area contributed by atoms with Crippen molar-refractivity contribution in [3.05, 3.63) is 69.4 Å². The molecule has 1 atom stereocenters. The van der Waals surface area contributed by atoms with Crippen LogP contribution in [0.4, 0.5) is 13.2 Å². The van der Waals surface area contributed by atoms with E-state index in [2.05, 4.69) is 21.2 Å². The van der Waals surface area contributed by atoms with Gasteiger partial charge in [0.25, 0.3) is 0 Å². The first-order valence-corrected chi connectivity index (χ1v) is 6.39. The highest BCUT2D eigenvalue weighted by Crippen LogP contribution is 2.28. The Bertz CT molecular complexity index is 601. The second kappa shape index (κ2) is 5.75. The van der Waals surface area contributed by atoms with Crippen LogP contribution in [0.5, 0.6) is 0 Å². The molecule has 0 aromatic heterocycles. The van der Waals surface area contributed by atoms with Gasteiger partial charge in [-0.1, -0.05) is 22.0 Å². The van der Waals surface area contributed by atoms with E-state index in [0.717, 1.165) is 12.1 Å². The van der Waals surface area contributed by atoms with Gasteiger partial charge in [0.05, 0.1) is 6.04 Å². The normalized spacial score (nSPS) is 12.5. The van der Waals surface area contributed by atoms with Crippen LogP contribution >= 0.6 is 15.9 Å². The predicted octanol–water partition coefficient (Wildman–Crippen LogP) is 4.18. The Morgan fingerprint density at radius 1 is 0.947 bits per heavy atom. The minimum absolute atomic E-state index is 0.195. The summed E-state index contributed by atoms with van der Waals surface area (Å²) in [5.74, 6) is -1.82. The van der Waals surface area contributed by atoms with Gasteiger partial charge in [0.2, 0.25) is 0 Å². The van der Waals surface area contributed by atoms with Crippen molar-refractivity contribution in [3.63, 3.8) is 0 Å². The lowest BCUT2D eigenvalue weighted by Gasteiger charge is -2.19. The van der Waals surface area contributed by atoms with Crippen LogP contribution in [0.15, 0.2) is 40.9 Å². The van der Waals surface area contributed by atoms with Crippen molar-refractivity contribution < 1.29 is 13.2 Å². The molecular weight excluding hydrogens is 319 g/mol. The van der Waals surface area contributed by atoms with Gasteiger partial charge in [0.15, 0.2) is 0 Å². The van der Waals surface area contributed by atoms with Crippen molar-refractivity contribution in [1.29, 1.82) is 0 Å². The Hall–Kier alpha value is -1.33. The van der Waals surface area contributed by atoms with E-state index in [1.54, 1.807) is 19.2 Å². The van der Waals surface area contributed by atoms with Gasteiger partial charge >= 0.3 is 0 Å². The van der Waals surface area contributed by atoms with Crippen molar-refractivity contribution in [2.75, 3.05) is 7.05 Å². The van der Waals surface area contributed by atoms with Gasteiger partial charge < -0.3 is 5.32 Å². The van der Waals surface area contributed by atoms with Crippen molar-refractivity contribution in [2.45, 2.75) is 6.04 Å². The highest BCUT2D eigenvalue weighted by molar-refractivity contribution is 9.10. The van der Waals surface area contributed by atoms with Gasteiger partial charge in [-0.3, -0.25) is 0 Å². The zero-order valence-electron chi connectivity index (χ0n) is 10.1. The van der Waals surface area contributed by atoms with Gasteiger partial charge in [-0.2, -0.15) is 0 Å². The molecule has 1 unspecified atom stereocenters. The number of halogens is 4. The molecule has 1 nitrogen and oxygen atoms in total. The quantitative estimate of drug-likeness (QED) is 0.890. The molecule has 0 radical (unpaired) electrons. The molecule has 0 bridgehead atoms. The van der Waals surface area contributed by atoms with Crippen molar-refractivity contribution in [3.8, 4) is 0 Å². The average molecular weight is 330 g/mol. The van der Waals surface area contributed by atoms with Crippen molar-refractivity contribution in [2.24, 2.45) is 0 Å². The van der Waals surface area contributed by atoms with E-state index >= 15 is 0 Å². The molecule has 0 amide bonds. The van der Waals surface area contributed by atoms with Crippen LogP contribution in [0.3, 0.4) is 0 Å². The molecule has 0 spiro atoms. The van der Waals surface area contributed by atoms with E-state index in [-0.39, 0.29) is 5.56 Å². The SMILES string of the molecule is CNC(c1ccc(F)cc1F)c1cc(Br)ccc1F. The minimum Gasteiger partial charge on any atom is -0.309 e. The van der Waals surface area contributed by atoms with Crippen LogP contribution in [0.25, 0.3) is 0 Å². The second-order valence-electron chi connectivity index (χ2n) is 4.05. The summed E-state index contributed by atoms with van der Waals surface area (Å²) in [4.78, 5) is 0. The highest BCUT2D eigenvalue weighted by Gasteiger charge is 2.20. The topological polar surface area (TPSA) is 12.0 Å². The summed E-state index contributed by atoms with van der Waals surface area (Å²) in [7, 11) is 1.59. The van der Waals surface area contributed by atoms with Crippen LogP contribution in [-0.2, 0) is 0 Å². The summed E-state index contributed by atoms with van der Waals surface area (Å²) >= 11 is 3.25. The Morgan fingerprint density at radius 2 is 1.68 bits per heavy atom. The maximum Gasteiger partial charge on any atom is 0.131 e. The monoisotopic (exact) mass is 329 g/mol. The minimum atomic E-state index is -0.710. The van der Waals surface area contributed by atoms with Gasteiger partial charge in [0.1, 0.15) is 17.5 Å². The molecule has 0 heterocycles. The maximum absolute atomic E-state index is 13.8. The Labute approximate surface area is 117 Å². The average Bonchev–Trinajstić information content (AvgIpc) is 2.36. The molecule has 1 N–H and O–H groups in total. The molecule has 2 aromatic rings. The van der Waals surface area contributed by atoms with Crippen molar-refractivity contribution in [1.82, 2.24) is 5.32 Å². The fraction of sp³-hybridized carbons (Fsp3) is 0.143. The maximum atomic E-state index is 13.8. The first kappa shape index (κ1) is 14.1. The summed E-state index contributed by atoms with van der Waals surface area (Å²) in [5, 5.41) is 2.84. The van der Waals surface area contributed by atoms with Gasteiger partial charge in [-0.25, -0.2) is 13.2 Å². The molecular formula is C14H11BrF3N. The van der Waals surface area contributed by atoms with E-state index in [1.807, 2.05) is 0 Å². The number of hydrogen-bond donors (Lipinski definition) is 1. The predicted molar refractivity (Wildman–Crippen MR) is 71.4 cm³/mol. The molecule has 0 aliphatic carbocycles. The lowest BCUT2D eigenvalue weighted by atomic mass is 9.98. The Kier molecular flexibility index (Phi) is 4.27. The highest BCUT2D eigenvalue weighted by atomic mass is 79.9. The standard InChI is InChI=1S/C14H11BrF3N/c1-19-14(10-4-3-9(16)7-13(10)18)11-6-8(15)2-5-12(11)17/h2-7,14,19H,1H3. The smallest absolute Gasteiger partial charge is 0.131 e. The third-order valence-corrected chi connectivity index (χ3v) is 3.32. The molecule has 0 aliphatic rings. The number of benzene rings is 2. The van der Waals surface area contributed by atoms with Gasteiger partial charge in [0, 0.05) is 21.7 Å². The summed E-state index contributed by atoms with van der Waals surface area (Å²) in [6.07, 6.45) is 0. The van der Waals surface area contributed by atoms with E-state index in [9.17, 15) is 13.2 Å².